The predicted molar refractivity (Wildman–Crippen MR) is 104 cm³/mol. The van der Waals surface area contributed by atoms with Gasteiger partial charge in [0.15, 0.2) is 0 Å². The Morgan fingerprint density at radius 3 is 2.32 bits per heavy atom. The highest BCUT2D eigenvalue weighted by Crippen LogP contribution is 2.21. The van der Waals surface area contributed by atoms with E-state index in [2.05, 4.69) is 15.4 Å². The van der Waals surface area contributed by atoms with E-state index in [9.17, 15) is 19.2 Å². The quantitative estimate of drug-likeness (QED) is 0.438. The van der Waals surface area contributed by atoms with Crippen molar-refractivity contribution in [2.75, 3.05) is 10.1 Å². The number of aromatic nitrogens is 2. The van der Waals surface area contributed by atoms with Gasteiger partial charge in [-0.2, -0.15) is 10.1 Å². The van der Waals surface area contributed by atoms with Gasteiger partial charge in [0.1, 0.15) is 5.69 Å². The summed E-state index contributed by atoms with van der Waals surface area (Å²) in [5.74, 6) is -0.489. The number of aryl methyl sites for hydroxylation is 1. The number of hydrogen-bond acceptors (Lipinski definition) is 5. The lowest BCUT2D eigenvalue weighted by Crippen LogP contribution is -2.55. The van der Waals surface area contributed by atoms with Gasteiger partial charge >= 0.3 is 5.69 Å². The second-order valence-electron chi connectivity index (χ2n) is 5.81. The molecule has 3 rings (SSSR count). The Labute approximate surface area is 159 Å². The van der Waals surface area contributed by atoms with Crippen LogP contribution in [0.2, 0.25) is 0 Å². The zero-order valence-corrected chi connectivity index (χ0v) is 14.9. The summed E-state index contributed by atoms with van der Waals surface area (Å²) >= 11 is 0. The van der Waals surface area contributed by atoms with Gasteiger partial charge in [0.25, 0.3) is 11.5 Å². The molecule has 0 aliphatic heterocycles. The van der Waals surface area contributed by atoms with Crippen molar-refractivity contribution in [1.29, 1.82) is 0 Å². The molecule has 2 amide bonds. The van der Waals surface area contributed by atoms with Crippen molar-refractivity contribution < 1.29 is 9.59 Å². The van der Waals surface area contributed by atoms with E-state index in [-0.39, 0.29) is 5.69 Å². The largest absolute Gasteiger partial charge is 0.325 e. The van der Waals surface area contributed by atoms with Crippen LogP contribution in [0.15, 0.2) is 70.4 Å². The molecule has 9 nitrogen and oxygen atoms in total. The average molecular weight is 379 g/mol. The standard InChI is InChI=1S/C19H17N5O4/c1-13-7-5-6-10-15(13)24(22-17(26)14-8-3-2-4-9-14)23(12-25)16-11-20-19(28)21-18(16)27/h2-12H,1H3,(H,22,26)(H2,20,21,27,28). The molecule has 0 atom stereocenters. The number of nitrogens with one attached hydrogen (secondary N) is 3. The van der Waals surface area contributed by atoms with Crippen molar-refractivity contribution in [2.45, 2.75) is 6.92 Å². The Bertz CT molecular complexity index is 1110. The van der Waals surface area contributed by atoms with E-state index < -0.39 is 17.2 Å². The van der Waals surface area contributed by atoms with Gasteiger partial charge in [0.05, 0.1) is 5.69 Å². The summed E-state index contributed by atoms with van der Waals surface area (Å²) in [4.78, 5) is 52.4. The van der Waals surface area contributed by atoms with E-state index in [0.29, 0.717) is 17.7 Å². The lowest BCUT2D eigenvalue weighted by molar-refractivity contribution is -0.107. The second kappa shape index (κ2) is 8.04. The third kappa shape index (κ3) is 3.83. The molecule has 0 radical (unpaired) electrons. The van der Waals surface area contributed by atoms with Gasteiger partial charge in [-0.1, -0.05) is 36.4 Å². The van der Waals surface area contributed by atoms with E-state index >= 15 is 0 Å². The molecule has 2 aromatic carbocycles. The van der Waals surface area contributed by atoms with Crippen LogP contribution in [0.3, 0.4) is 0 Å². The molecular weight excluding hydrogens is 362 g/mol. The summed E-state index contributed by atoms with van der Waals surface area (Å²) in [6, 6.07) is 15.4. The van der Waals surface area contributed by atoms with Crippen molar-refractivity contribution >= 4 is 23.7 Å². The molecule has 1 aromatic heterocycles. The normalized spacial score (nSPS) is 10.2. The maximum absolute atomic E-state index is 12.7. The molecule has 9 heteroatoms. The van der Waals surface area contributed by atoms with Crippen molar-refractivity contribution in [2.24, 2.45) is 0 Å². The zero-order valence-electron chi connectivity index (χ0n) is 14.9. The maximum Gasteiger partial charge on any atom is 0.325 e. The third-order valence-corrected chi connectivity index (χ3v) is 3.95. The Kier molecular flexibility index (Phi) is 5.35. The number of aromatic amines is 2. The average Bonchev–Trinajstić information content (AvgIpc) is 2.70. The lowest BCUT2D eigenvalue weighted by Gasteiger charge is -2.33. The lowest BCUT2D eigenvalue weighted by atomic mass is 10.2. The van der Waals surface area contributed by atoms with Crippen molar-refractivity contribution in [3.8, 4) is 0 Å². The first-order valence-corrected chi connectivity index (χ1v) is 8.29. The summed E-state index contributed by atoms with van der Waals surface area (Å²) in [7, 11) is 0. The van der Waals surface area contributed by atoms with Gasteiger partial charge in [-0.05, 0) is 30.7 Å². The highest BCUT2D eigenvalue weighted by molar-refractivity contribution is 5.96. The fourth-order valence-electron chi connectivity index (χ4n) is 2.57. The van der Waals surface area contributed by atoms with Crippen LogP contribution in [0.4, 0.5) is 11.4 Å². The summed E-state index contributed by atoms with van der Waals surface area (Å²) in [5.41, 5.74) is 2.52. The number of rotatable bonds is 6. The fraction of sp³-hybridized carbons (Fsp3) is 0.0526. The monoisotopic (exact) mass is 379 g/mol. The third-order valence-electron chi connectivity index (χ3n) is 3.95. The summed E-state index contributed by atoms with van der Waals surface area (Å²) in [6.45, 7) is 1.79. The van der Waals surface area contributed by atoms with E-state index in [1.54, 1.807) is 61.5 Å². The minimum absolute atomic E-state index is 0.175. The van der Waals surface area contributed by atoms with Crippen LogP contribution in [0.1, 0.15) is 15.9 Å². The molecule has 0 spiro atoms. The number of benzene rings is 2. The van der Waals surface area contributed by atoms with Crippen LogP contribution in [0.25, 0.3) is 0 Å². The summed E-state index contributed by atoms with van der Waals surface area (Å²) < 4.78 is 0. The predicted octanol–water partition coefficient (Wildman–Crippen LogP) is 1.10. The number of hydrazine groups is 2. The number of anilines is 2. The van der Waals surface area contributed by atoms with E-state index in [1.807, 2.05) is 0 Å². The molecule has 3 aromatic rings. The van der Waals surface area contributed by atoms with Crippen LogP contribution in [-0.4, -0.2) is 22.3 Å². The topological polar surface area (TPSA) is 118 Å². The van der Waals surface area contributed by atoms with Gasteiger partial charge in [-0.3, -0.25) is 19.4 Å². The van der Waals surface area contributed by atoms with Crippen molar-refractivity contribution in [3.05, 3.63) is 92.8 Å². The molecule has 3 N–H and O–H groups in total. The number of nitrogens with zero attached hydrogens (tertiary/aromatic N) is 2. The Morgan fingerprint density at radius 1 is 1.00 bits per heavy atom. The first-order valence-electron chi connectivity index (χ1n) is 8.29. The minimum Gasteiger partial charge on any atom is -0.312 e. The maximum atomic E-state index is 12.7. The number of carbonyl (C=O) groups is 2. The first-order chi connectivity index (χ1) is 13.5. The summed E-state index contributed by atoms with van der Waals surface area (Å²) in [5, 5.41) is 2.05. The van der Waals surface area contributed by atoms with Gasteiger partial charge in [0.2, 0.25) is 6.41 Å². The van der Waals surface area contributed by atoms with Gasteiger partial charge in [0, 0.05) is 11.8 Å². The van der Waals surface area contributed by atoms with E-state index in [0.717, 1.165) is 21.9 Å². The number of H-pyrrole nitrogens is 2. The van der Waals surface area contributed by atoms with Gasteiger partial charge in [-0.25, -0.2) is 10.2 Å². The fourth-order valence-corrected chi connectivity index (χ4v) is 2.57. The molecule has 28 heavy (non-hydrogen) atoms. The van der Waals surface area contributed by atoms with Gasteiger partial charge in [-0.15, -0.1) is 0 Å². The number of para-hydroxylation sites is 1. The zero-order chi connectivity index (χ0) is 20.1. The molecule has 142 valence electrons. The highest BCUT2D eigenvalue weighted by Gasteiger charge is 2.23. The van der Waals surface area contributed by atoms with Crippen molar-refractivity contribution in [3.63, 3.8) is 0 Å². The number of amides is 2. The molecule has 1 heterocycles. The van der Waals surface area contributed by atoms with Crippen LogP contribution in [-0.2, 0) is 4.79 Å². The Morgan fingerprint density at radius 2 is 1.68 bits per heavy atom. The number of hydrogen-bond donors (Lipinski definition) is 3. The molecule has 0 unspecified atom stereocenters. The summed E-state index contributed by atoms with van der Waals surface area (Å²) in [6.07, 6.45) is 1.45. The SMILES string of the molecule is Cc1ccccc1N(NC(=O)c1ccccc1)N(C=O)c1c[nH]c(=O)[nH]c1=O. The molecule has 0 aliphatic rings. The highest BCUT2D eigenvalue weighted by atomic mass is 16.2. The molecule has 0 bridgehead atoms. The molecule has 0 fully saturated rings. The Hall–Kier alpha value is -4.14. The van der Waals surface area contributed by atoms with Crippen LogP contribution in [0, 0.1) is 6.92 Å². The minimum atomic E-state index is -0.789. The van der Waals surface area contributed by atoms with Crippen LogP contribution < -0.4 is 26.8 Å². The smallest absolute Gasteiger partial charge is 0.312 e. The van der Waals surface area contributed by atoms with Crippen molar-refractivity contribution in [1.82, 2.24) is 15.4 Å². The van der Waals surface area contributed by atoms with Crippen LogP contribution in [0.5, 0.6) is 0 Å². The van der Waals surface area contributed by atoms with E-state index in [4.69, 9.17) is 0 Å². The molecule has 0 saturated carbocycles. The Balaban J connectivity index is 2.08. The molecule has 0 aliphatic carbocycles. The van der Waals surface area contributed by atoms with Gasteiger partial charge < -0.3 is 4.98 Å². The molecule has 0 saturated heterocycles. The van der Waals surface area contributed by atoms with Crippen LogP contribution >= 0.6 is 0 Å². The first kappa shape index (κ1) is 18.6. The second-order valence-corrected chi connectivity index (χ2v) is 5.81. The van der Waals surface area contributed by atoms with E-state index in [1.165, 1.54) is 0 Å². The molecular formula is C19H17N5O4. The number of carbonyl (C=O) groups excluding carboxylic acids is 2.